The number of nitrogens with one attached hydrogen (secondary N) is 1. The van der Waals surface area contributed by atoms with E-state index < -0.39 is 5.97 Å². The number of carbonyl (C=O) groups is 1. The van der Waals surface area contributed by atoms with Crippen LogP contribution in [0.25, 0.3) is 10.9 Å². The minimum atomic E-state index is -0.861. The Morgan fingerprint density at radius 1 is 1.32 bits per heavy atom. The maximum atomic E-state index is 11.5. The van der Waals surface area contributed by atoms with Gasteiger partial charge in [-0.15, -0.1) is 0 Å². The fourth-order valence-electron chi connectivity index (χ4n) is 3.30. The van der Waals surface area contributed by atoms with Gasteiger partial charge in [0, 0.05) is 18.1 Å². The van der Waals surface area contributed by atoms with Crippen LogP contribution in [0.15, 0.2) is 18.3 Å². The number of nitrogens with zero attached hydrogens (tertiary/aromatic N) is 1. The standard InChI is InChI=1S/C18H24N2O2/c1-12(2)14-9-15-13(5-8-20-6-3-4-7-20)11-19-17(15)16(10-14)18(21)22/h9-12,19H,3-8H2,1-2H3,(H,21,22). The molecule has 1 aromatic carbocycles. The Morgan fingerprint density at radius 2 is 2.05 bits per heavy atom. The lowest BCUT2D eigenvalue weighted by Gasteiger charge is -2.14. The van der Waals surface area contributed by atoms with Crippen molar-refractivity contribution in [1.82, 2.24) is 9.88 Å². The van der Waals surface area contributed by atoms with Gasteiger partial charge in [0.05, 0.1) is 11.1 Å². The molecule has 1 fully saturated rings. The molecular weight excluding hydrogens is 276 g/mol. The molecule has 0 bridgehead atoms. The van der Waals surface area contributed by atoms with Gasteiger partial charge in [0.2, 0.25) is 0 Å². The van der Waals surface area contributed by atoms with E-state index in [1.165, 1.54) is 31.5 Å². The van der Waals surface area contributed by atoms with Gasteiger partial charge in [0.25, 0.3) is 0 Å². The van der Waals surface area contributed by atoms with Crippen LogP contribution in [0.1, 0.15) is 54.1 Å². The molecule has 4 nitrogen and oxygen atoms in total. The van der Waals surface area contributed by atoms with E-state index in [0.717, 1.165) is 29.4 Å². The highest BCUT2D eigenvalue weighted by Crippen LogP contribution is 2.28. The van der Waals surface area contributed by atoms with Crippen LogP contribution in [0, 0.1) is 0 Å². The van der Waals surface area contributed by atoms with Crippen molar-refractivity contribution < 1.29 is 9.90 Å². The molecule has 1 aromatic heterocycles. The molecule has 2 heterocycles. The molecule has 22 heavy (non-hydrogen) atoms. The summed E-state index contributed by atoms with van der Waals surface area (Å²) in [5.74, 6) is -0.538. The summed E-state index contributed by atoms with van der Waals surface area (Å²) in [7, 11) is 0. The van der Waals surface area contributed by atoms with Crippen LogP contribution in [0.2, 0.25) is 0 Å². The molecule has 1 aliphatic heterocycles. The number of hydrogen-bond donors (Lipinski definition) is 2. The predicted molar refractivity (Wildman–Crippen MR) is 88.7 cm³/mol. The molecule has 3 rings (SSSR count). The van der Waals surface area contributed by atoms with Crippen molar-refractivity contribution in [3.63, 3.8) is 0 Å². The zero-order valence-electron chi connectivity index (χ0n) is 13.4. The molecule has 2 aromatic rings. The first-order valence-corrected chi connectivity index (χ1v) is 8.16. The van der Waals surface area contributed by atoms with Gasteiger partial charge in [-0.2, -0.15) is 0 Å². The van der Waals surface area contributed by atoms with E-state index in [-0.39, 0.29) is 0 Å². The lowest BCUT2D eigenvalue weighted by atomic mass is 9.96. The number of carboxylic acids is 1. The Bertz CT molecular complexity index is 682. The minimum Gasteiger partial charge on any atom is -0.478 e. The highest BCUT2D eigenvalue weighted by Gasteiger charge is 2.17. The van der Waals surface area contributed by atoms with E-state index in [0.29, 0.717) is 11.5 Å². The Kier molecular flexibility index (Phi) is 4.21. The van der Waals surface area contributed by atoms with E-state index in [4.69, 9.17) is 0 Å². The van der Waals surface area contributed by atoms with Crippen LogP contribution in [-0.2, 0) is 6.42 Å². The number of aromatic nitrogens is 1. The number of benzene rings is 1. The SMILES string of the molecule is CC(C)c1cc(C(=O)O)c2[nH]cc(CCN3CCCC3)c2c1. The van der Waals surface area contributed by atoms with Crippen LogP contribution in [0.3, 0.4) is 0 Å². The molecule has 0 amide bonds. The van der Waals surface area contributed by atoms with E-state index in [1.54, 1.807) is 6.07 Å². The Hall–Kier alpha value is -1.81. The predicted octanol–water partition coefficient (Wildman–Crippen LogP) is 3.63. The summed E-state index contributed by atoms with van der Waals surface area (Å²) in [6, 6.07) is 3.96. The number of likely N-dealkylation sites (tertiary alicyclic amines) is 1. The van der Waals surface area contributed by atoms with Gasteiger partial charge in [-0.25, -0.2) is 4.79 Å². The van der Waals surface area contributed by atoms with E-state index in [2.05, 4.69) is 29.8 Å². The van der Waals surface area contributed by atoms with E-state index in [1.807, 2.05) is 6.20 Å². The minimum absolute atomic E-state index is 0.323. The summed E-state index contributed by atoms with van der Waals surface area (Å²) >= 11 is 0. The summed E-state index contributed by atoms with van der Waals surface area (Å²) in [6.07, 6.45) is 5.56. The largest absolute Gasteiger partial charge is 0.478 e. The van der Waals surface area contributed by atoms with Gasteiger partial charge in [0.1, 0.15) is 0 Å². The van der Waals surface area contributed by atoms with Crippen LogP contribution in [0.5, 0.6) is 0 Å². The molecular formula is C18H24N2O2. The van der Waals surface area contributed by atoms with Gasteiger partial charge in [-0.05, 0) is 61.5 Å². The van der Waals surface area contributed by atoms with E-state index >= 15 is 0 Å². The van der Waals surface area contributed by atoms with Crippen LogP contribution in [0.4, 0.5) is 0 Å². The first-order chi connectivity index (χ1) is 10.6. The fourth-order valence-corrected chi connectivity index (χ4v) is 3.30. The van der Waals surface area contributed by atoms with Crippen molar-refractivity contribution in [2.75, 3.05) is 19.6 Å². The lowest BCUT2D eigenvalue weighted by Crippen LogP contribution is -2.21. The summed E-state index contributed by atoms with van der Waals surface area (Å²) < 4.78 is 0. The third-order valence-electron chi connectivity index (χ3n) is 4.69. The molecule has 0 unspecified atom stereocenters. The molecule has 0 saturated carbocycles. The van der Waals surface area contributed by atoms with Gasteiger partial charge in [-0.1, -0.05) is 13.8 Å². The number of aromatic carboxylic acids is 1. The van der Waals surface area contributed by atoms with Gasteiger partial charge >= 0.3 is 5.97 Å². The molecule has 4 heteroatoms. The Labute approximate surface area is 131 Å². The summed E-state index contributed by atoms with van der Waals surface area (Å²) in [6.45, 7) is 7.65. The second-order valence-corrected chi connectivity index (χ2v) is 6.56. The number of hydrogen-bond acceptors (Lipinski definition) is 2. The number of rotatable bonds is 5. The summed E-state index contributed by atoms with van der Waals surface area (Å²) in [4.78, 5) is 17.2. The molecule has 0 radical (unpaired) electrons. The Morgan fingerprint density at radius 3 is 2.68 bits per heavy atom. The zero-order chi connectivity index (χ0) is 15.7. The number of fused-ring (bicyclic) bond motifs is 1. The van der Waals surface area contributed by atoms with Crippen molar-refractivity contribution >= 4 is 16.9 Å². The molecule has 1 aliphatic rings. The monoisotopic (exact) mass is 300 g/mol. The van der Waals surface area contributed by atoms with Crippen molar-refractivity contribution in [3.05, 3.63) is 35.0 Å². The van der Waals surface area contributed by atoms with Crippen LogP contribution < -0.4 is 0 Å². The summed E-state index contributed by atoms with van der Waals surface area (Å²) in [5, 5.41) is 10.5. The number of H-pyrrole nitrogens is 1. The summed E-state index contributed by atoms with van der Waals surface area (Å²) in [5.41, 5.74) is 3.46. The second-order valence-electron chi connectivity index (χ2n) is 6.56. The fraction of sp³-hybridized carbons (Fsp3) is 0.500. The van der Waals surface area contributed by atoms with Gasteiger partial charge in [0.15, 0.2) is 0 Å². The molecule has 118 valence electrons. The van der Waals surface area contributed by atoms with Crippen molar-refractivity contribution in [3.8, 4) is 0 Å². The maximum absolute atomic E-state index is 11.5. The zero-order valence-corrected chi connectivity index (χ0v) is 13.4. The number of carboxylic acid groups (broad SMARTS) is 1. The van der Waals surface area contributed by atoms with Crippen molar-refractivity contribution in [2.24, 2.45) is 0 Å². The third-order valence-corrected chi connectivity index (χ3v) is 4.69. The topological polar surface area (TPSA) is 56.3 Å². The van der Waals surface area contributed by atoms with Crippen LogP contribution >= 0.6 is 0 Å². The quantitative estimate of drug-likeness (QED) is 0.886. The first kappa shape index (κ1) is 15.1. The smallest absolute Gasteiger partial charge is 0.337 e. The van der Waals surface area contributed by atoms with Gasteiger partial charge in [-0.3, -0.25) is 0 Å². The Balaban J connectivity index is 1.95. The van der Waals surface area contributed by atoms with Crippen molar-refractivity contribution in [1.29, 1.82) is 0 Å². The normalized spacial score (nSPS) is 16.0. The van der Waals surface area contributed by atoms with E-state index in [9.17, 15) is 9.90 Å². The maximum Gasteiger partial charge on any atom is 0.337 e. The average molecular weight is 300 g/mol. The third kappa shape index (κ3) is 2.88. The van der Waals surface area contributed by atoms with Crippen molar-refractivity contribution in [2.45, 2.75) is 39.0 Å². The molecule has 0 aliphatic carbocycles. The average Bonchev–Trinajstić information content (AvgIpc) is 3.13. The highest BCUT2D eigenvalue weighted by molar-refractivity contribution is 6.03. The number of aromatic amines is 1. The highest BCUT2D eigenvalue weighted by atomic mass is 16.4. The van der Waals surface area contributed by atoms with Crippen LogP contribution in [-0.4, -0.2) is 40.6 Å². The first-order valence-electron chi connectivity index (χ1n) is 8.16. The molecule has 0 spiro atoms. The van der Waals surface area contributed by atoms with Gasteiger partial charge < -0.3 is 15.0 Å². The molecule has 1 saturated heterocycles. The second kappa shape index (κ2) is 6.13. The lowest BCUT2D eigenvalue weighted by molar-refractivity contribution is 0.0698. The molecule has 0 atom stereocenters. The molecule has 2 N–H and O–H groups in total.